The zero-order valence-electron chi connectivity index (χ0n) is 30.0. The number of fused-ring (bicyclic) bond motifs is 13. The second kappa shape index (κ2) is 10.7. The van der Waals surface area contributed by atoms with E-state index in [1.807, 2.05) is 0 Å². The summed E-state index contributed by atoms with van der Waals surface area (Å²) in [7, 11) is 0. The molecular weight excluding hydrogens is 675 g/mol. The van der Waals surface area contributed by atoms with Crippen molar-refractivity contribution in [3.05, 3.63) is 174 Å². The van der Waals surface area contributed by atoms with Crippen molar-refractivity contribution < 1.29 is 0 Å². The van der Waals surface area contributed by atoms with Gasteiger partial charge in [0.2, 0.25) is 0 Å². The molecule has 246 valence electrons. The van der Waals surface area contributed by atoms with Crippen molar-refractivity contribution >= 4 is 47.9 Å². The number of hydrogen-bond donors (Lipinski definition) is 0. The maximum atomic E-state index is 2.58. The second-order valence-corrected chi connectivity index (χ2v) is 23.8. The molecule has 2 heterocycles. The van der Waals surface area contributed by atoms with E-state index in [1.165, 1.54) is 71.5 Å². The molecule has 1 nitrogen and oxygen atoms in total. The summed E-state index contributed by atoms with van der Waals surface area (Å²) in [5.41, 5.74) is 16.1. The van der Waals surface area contributed by atoms with Crippen molar-refractivity contribution in [1.82, 2.24) is 0 Å². The van der Waals surface area contributed by atoms with Crippen LogP contribution in [0.25, 0.3) is 33.4 Å². The van der Waals surface area contributed by atoms with E-state index in [1.54, 1.807) is 13.2 Å². The van der Waals surface area contributed by atoms with E-state index in [0.717, 1.165) is 0 Å². The number of benzene rings is 7. The van der Waals surface area contributed by atoms with E-state index in [2.05, 4.69) is 197 Å². The molecule has 0 atom stereocenters. The fraction of sp³-hybridized carbons (Fsp3) is 0.143. The summed E-state index contributed by atoms with van der Waals surface area (Å²) in [6, 6.07) is 60.6. The third-order valence-electron chi connectivity index (χ3n) is 12.1. The first-order valence-electron chi connectivity index (χ1n) is 18.3. The van der Waals surface area contributed by atoms with E-state index in [9.17, 15) is 0 Å². The second-order valence-electron chi connectivity index (χ2n) is 16.1. The van der Waals surface area contributed by atoms with Crippen LogP contribution in [-0.4, -0.2) is 13.3 Å². The van der Waals surface area contributed by atoms with Crippen molar-refractivity contribution in [3.8, 4) is 33.4 Å². The Labute approximate surface area is 304 Å². The van der Waals surface area contributed by atoms with Gasteiger partial charge in [-0.15, -0.1) is 0 Å². The van der Waals surface area contributed by atoms with Crippen LogP contribution in [0.4, 0.5) is 17.1 Å². The Morgan fingerprint density at radius 3 is 1.41 bits per heavy atom. The van der Waals surface area contributed by atoms with Gasteiger partial charge in [0.25, 0.3) is 0 Å². The average molecular weight is 716 g/mol. The van der Waals surface area contributed by atoms with E-state index in [-0.39, 0.29) is 10.8 Å². The van der Waals surface area contributed by atoms with Crippen molar-refractivity contribution in [2.24, 2.45) is 0 Å². The van der Waals surface area contributed by atoms with Crippen LogP contribution in [-0.2, 0) is 10.8 Å². The predicted molar refractivity (Wildman–Crippen MR) is 219 cm³/mol. The molecule has 0 bridgehead atoms. The number of anilines is 3. The normalized spacial score (nSPS) is 15.1. The van der Waals surface area contributed by atoms with Crippen LogP contribution in [0.3, 0.4) is 0 Å². The van der Waals surface area contributed by atoms with Crippen molar-refractivity contribution in [2.45, 2.75) is 45.4 Å². The van der Waals surface area contributed by atoms with Crippen LogP contribution < -0.4 is 22.5 Å². The Morgan fingerprint density at radius 2 is 0.843 bits per heavy atom. The summed E-state index contributed by atoms with van der Waals surface area (Å²) >= 11 is -3.34. The fourth-order valence-corrected chi connectivity index (χ4v) is 21.4. The molecule has 1 spiro atoms. The SMILES string of the molecule is CC(C)(C)c1ccc(N(c2ccc3c(c2)C(C)(C)c2ccccc2-3)c2ccc3[c](c2)[Ge]2([c]4ccccc4-c4cccc[c]42)[c]2ccccc2-3)cc1. The van der Waals surface area contributed by atoms with Gasteiger partial charge in [-0.25, -0.2) is 0 Å². The Bertz CT molecular complexity index is 2490. The van der Waals surface area contributed by atoms with Crippen LogP contribution in [0.1, 0.15) is 51.3 Å². The third kappa shape index (κ3) is 4.16. The molecule has 0 amide bonds. The molecule has 2 aliphatic heterocycles. The van der Waals surface area contributed by atoms with Gasteiger partial charge in [-0.2, -0.15) is 0 Å². The minimum absolute atomic E-state index is 0.0786. The number of hydrogen-bond acceptors (Lipinski definition) is 1. The summed E-state index contributed by atoms with van der Waals surface area (Å²) in [4.78, 5) is 2.51. The topological polar surface area (TPSA) is 3.24 Å². The molecule has 0 fully saturated rings. The fourth-order valence-electron chi connectivity index (χ4n) is 9.61. The van der Waals surface area contributed by atoms with Gasteiger partial charge in [-0.3, -0.25) is 0 Å². The van der Waals surface area contributed by atoms with Gasteiger partial charge in [-0.05, 0) is 0 Å². The van der Waals surface area contributed by atoms with E-state index < -0.39 is 13.3 Å². The molecule has 51 heavy (non-hydrogen) atoms. The first-order valence-corrected chi connectivity index (χ1v) is 22.5. The minimum atomic E-state index is -3.34. The molecule has 0 saturated heterocycles. The first-order chi connectivity index (χ1) is 24.7. The van der Waals surface area contributed by atoms with Gasteiger partial charge in [0.05, 0.1) is 0 Å². The monoisotopic (exact) mass is 717 g/mol. The van der Waals surface area contributed by atoms with Gasteiger partial charge in [0.15, 0.2) is 0 Å². The molecule has 0 saturated carbocycles. The van der Waals surface area contributed by atoms with Crippen LogP contribution >= 0.6 is 0 Å². The molecule has 7 aromatic carbocycles. The van der Waals surface area contributed by atoms with Crippen LogP contribution in [0.15, 0.2) is 158 Å². The summed E-state index contributed by atoms with van der Waals surface area (Å²) in [5, 5.41) is 0. The van der Waals surface area contributed by atoms with Crippen molar-refractivity contribution in [2.75, 3.05) is 4.90 Å². The van der Waals surface area contributed by atoms with E-state index >= 15 is 0 Å². The van der Waals surface area contributed by atoms with Gasteiger partial charge in [0.1, 0.15) is 0 Å². The zero-order chi connectivity index (χ0) is 34.7. The average Bonchev–Trinajstić information content (AvgIpc) is 3.70. The van der Waals surface area contributed by atoms with Crippen molar-refractivity contribution in [1.29, 1.82) is 0 Å². The molecular formula is C49H41GeN. The molecule has 0 aromatic heterocycles. The molecule has 2 heteroatoms. The molecule has 7 aromatic rings. The molecule has 10 rings (SSSR count). The predicted octanol–water partition coefficient (Wildman–Crippen LogP) is 10.1. The van der Waals surface area contributed by atoms with Crippen molar-refractivity contribution in [3.63, 3.8) is 0 Å². The summed E-state index contributed by atoms with van der Waals surface area (Å²) in [6.07, 6.45) is 0. The van der Waals surface area contributed by atoms with Gasteiger partial charge in [0, 0.05) is 0 Å². The molecule has 0 unspecified atom stereocenters. The molecule has 0 radical (unpaired) electrons. The number of nitrogens with zero attached hydrogens (tertiary/aromatic N) is 1. The third-order valence-corrected chi connectivity index (χ3v) is 22.4. The van der Waals surface area contributed by atoms with Crippen LogP contribution in [0, 0.1) is 0 Å². The Kier molecular flexibility index (Phi) is 6.44. The summed E-state index contributed by atoms with van der Waals surface area (Å²) in [6.45, 7) is 11.6. The number of rotatable bonds is 3. The molecule has 1 aliphatic carbocycles. The summed E-state index contributed by atoms with van der Waals surface area (Å²) < 4.78 is 6.21. The Morgan fingerprint density at radius 1 is 0.412 bits per heavy atom. The standard InChI is InChI=1S/C49H41GeN/c1-48(2,3)32-22-24-33(25-23-32)51(34-26-28-37-36-14-6-10-18-42(36)49(4,5)43(37)30-34)35-27-29-41-40-17-9-13-21-46(40)50(47(41)31-35)44-19-11-7-15-38(44)39-16-8-12-20-45(39)50/h6-31H,1-5H3. The molecule has 0 N–H and O–H groups in total. The van der Waals surface area contributed by atoms with Crippen LogP contribution in [0.2, 0.25) is 0 Å². The zero-order valence-corrected chi connectivity index (χ0v) is 32.1. The van der Waals surface area contributed by atoms with Gasteiger partial charge in [-0.1, -0.05) is 0 Å². The quantitative estimate of drug-likeness (QED) is 0.165. The van der Waals surface area contributed by atoms with E-state index in [4.69, 9.17) is 0 Å². The first kappa shape index (κ1) is 30.7. The van der Waals surface area contributed by atoms with Crippen LogP contribution in [0.5, 0.6) is 0 Å². The maximum absolute atomic E-state index is 3.34. The van der Waals surface area contributed by atoms with E-state index in [0.29, 0.717) is 0 Å². The Hall–Kier alpha value is -5.12. The van der Waals surface area contributed by atoms with Gasteiger partial charge < -0.3 is 0 Å². The molecule has 3 aliphatic rings. The summed E-state index contributed by atoms with van der Waals surface area (Å²) in [5.74, 6) is 0. The Balaban J connectivity index is 1.23. The van der Waals surface area contributed by atoms with Gasteiger partial charge >= 0.3 is 306 Å².